The highest BCUT2D eigenvalue weighted by Gasteiger charge is 2.21. The molecule has 3 rings (SSSR count). The van der Waals surface area contributed by atoms with Gasteiger partial charge in [-0.05, 0) is 50.9 Å². The van der Waals surface area contributed by atoms with Crippen molar-refractivity contribution in [2.45, 2.75) is 38.1 Å². The Hall–Kier alpha value is -1.33. The number of rotatable bonds is 3. The van der Waals surface area contributed by atoms with Gasteiger partial charge in [0.2, 0.25) is 0 Å². The largest absolute Gasteiger partial charge is 0.340 e. The minimum Gasteiger partial charge on any atom is -0.340 e. The minimum atomic E-state index is 0.0374. The Kier molecular flexibility index (Phi) is 4.38. The van der Waals surface area contributed by atoms with Gasteiger partial charge in [0.05, 0.1) is 0 Å². The lowest BCUT2D eigenvalue weighted by Crippen LogP contribution is -2.45. The number of carbonyl (C=O) groups is 1. The molecule has 110 valence electrons. The Morgan fingerprint density at radius 2 is 1.95 bits per heavy atom. The number of amides is 1. The third-order valence-corrected chi connectivity index (χ3v) is 4.33. The van der Waals surface area contributed by atoms with Crippen molar-refractivity contribution >= 4 is 5.91 Å². The maximum atomic E-state index is 12.4. The average molecular weight is 276 g/mol. The maximum absolute atomic E-state index is 12.4. The van der Waals surface area contributed by atoms with Crippen LogP contribution in [0.25, 0.3) is 0 Å². The number of nitrogens with zero attached hydrogens (tertiary/aromatic N) is 2. The van der Waals surface area contributed by atoms with Gasteiger partial charge in [-0.25, -0.2) is 5.01 Å². The Morgan fingerprint density at radius 3 is 2.70 bits per heavy atom. The Bertz CT molecular complexity index is 444. The van der Waals surface area contributed by atoms with Crippen LogP contribution < -0.4 is 10.7 Å². The zero-order valence-corrected chi connectivity index (χ0v) is 12.0. The van der Waals surface area contributed by atoms with Crippen molar-refractivity contribution in [1.29, 1.82) is 0 Å². The van der Waals surface area contributed by atoms with E-state index in [1.54, 1.807) is 0 Å². The molecule has 0 bridgehead atoms. The molecule has 0 spiro atoms. The fourth-order valence-electron chi connectivity index (χ4n) is 3.20. The summed E-state index contributed by atoms with van der Waals surface area (Å²) in [5.41, 5.74) is 3.85. The van der Waals surface area contributed by atoms with Crippen LogP contribution >= 0.6 is 0 Å². The lowest BCUT2D eigenvalue weighted by atomic mass is 10.1. The van der Waals surface area contributed by atoms with Crippen LogP contribution in [-0.4, -0.2) is 41.7 Å². The van der Waals surface area contributed by atoms with E-state index in [9.17, 15) is 4.79 Å². The molecular weight excluding hydrogens is 252 g/mol. The Labute approximate surface area is 120 Å². The Morgan fingerprint density at radius 1 is 1.20 bits per heavy atom. The highest BCUT2D eigenvalue weighted by Crippen LogP contribution is 2.21. The molecule has 20 heavy (non-hydrogen) atoms. The van der Waals surface area contributed by atoms with Gasteiger partial charge in [-0.3, -0.25) is 10.2 Å². The summed E-state index contributed by atoms with van der Waals surface area (Å²) < 4.78 is 2.15. The van der Waals surface area contributed by atoms with Crippen molar-refractivity contribution in [2.24, 2.45) is 0 Å². The SMILES string of the molecule is O=C(NN1CCCCC1)c1cccn1C1CCNCC1. The first-order valence-electron chi connectivity index (χ1n) is 7.78. The van der Waals surface area contributed by atoms with E-state index in [0.29, 0.717) is 6.04 Å². The van der Waals surface area contributed by atoms with Crippen LogP contribution in [0.2, 0.25) is 0 Å². The molecule has 0 aliphatic carbocycles. The molecule has 5 nitrogen and oxygen atoms in total. The molecule has 2 fully saturated rings. The molecule has 3 heterocycles. The molecule has 5 heteroatoms. The second kappa shape index (κ2) is 6.41. The van der Waals surface area contributed by atoms with E-state index in [4.69, 9.17) is 0 Å². The van der Waals surface area contributed by atoms with Crippen LogP contribution in [0.15, 0.2) is 18.3 Å². The van der Waals surface area contributed by atoms with E-state index < -0.39 is 0 Å². The second-order valence-corrected chi connectivity index (χ2v) is 5.77. The summed E-state index contributed by atoms with van der Waals surface area (Å²) in [6, 6.07) is 4.36. The van der Waals surface area contributed by atoms with Gasteiger partial charge >= 0.3 is 0 Å². The van der Waals surface area contributed by atoms with Crippen LogP contribution in [0, 0.1) is 0 Å². The molecule has 0 radical (unpaired) electrons. The lowest BCUT2D eigenvalue weighted by Gasteiger charge is -2.29. The topological polar surface area (TPSA) is 49.3 Å². The molecule has 0 aromatic carbocycles. The summed E-state index contributed by atoms with van der Waals surface area (Å²) in [4.78, 5) is 12.4. The number of aromatic nitrogens is 1. The zero-order chi connectivity index (χ0) is 13.8. The third kappa shape index (κ3) is 3.04. The first-order valence-corrected chi connectivity index (χ1v) is 7.78. The van der Waals surface area contributed by atoms with E-state index in [0.717, 1.165) is 44.7 Å². The quantitative estimate of drug-likeness (QED) is 0.880. The van der Waals surface area contributed by atoms with E-state index in [1.165, 1.54) is 19.3 Å². The number of piperidine rings is 2. The van der Waals surface area contributed by atoms with E-state index in [-0.39, 0.29) is 5.91 Å². The average Bonchev–Trinajstić information content (AvgIpc) is 2.99. The summed E-state index contributed by atoms with van der Waals surface area (Å²) in [6.07, 6.45) is 7.86. The second-order valence-electron chi connectivity index (χ2n) is 5.77. The van der Waals surface area contributed by atoms with Gasteiger partial charge in [0, 0.05) is 25.3 Å². The summed E-state index contributed by atoms with van der Waals surface area (Å²) in [7, 11) is 0. The van der Waals surface area contributed by atoms with Gasteiger partial charge in [0.25, 0.3) is 5.91 Å². The zero-order valence-electron chi connectivity index (χ0n) is 12.0. The molecule has 2 saturated heterocycles. The van der Waals surface area contributed by atoms with Crippen molar-refractivity contribution in [3.63, 3.8) is 0 Å². The van der Waals surface area contributed by atoms with E-state index >= 15 is 0 Å². The molecule has 1 aromatic rings. The number of nitrogens with one attached hydrogen (secondary N) is 2. The smallest absolute Gasteiger partial charge is 0.282 e. The summed E-state index contributed by atoms with van der Waals surface area (Å²) >= 11 is 0. The van der Waals surface area contributed by atoms with Crippen LogP contribution in [0.3, 0.4) is 0 Å². The van der Waals surface area contributed by atoms with Crippen LogP contribution in [0.1, 0.15) is 48.6 Å². The van der Waals surface area contributed by atoms with Crippen molar-refractivity contribution in [3.8, 4) is 0 Å². The van der Waals surface area contributed by atoms with Crippen molar-refractivity contribution in [2.75, 3.05) is 26.2 Å². The Balaban J connectivity index is 1.66. The van der Waals surface area contributed by atoms with Gasteiger partial charge in [0.15, 0.2) is 0 Å². The van der Waals surface area contributed by atoms with Crippen molar-refractivity contribution in [3.05, 3.63) is 24.0 Å². The summed E-state index contributed by atoms with van der Waals surface area (Å²) in [6.45, 7) is 4.02. The summed E-state index contributed by atoms with van der Waals surface area (Å²) in [5, 5.41) is 5.43. The molecule has 2 N–H and O–H groups in total. The highest BCUT2D eigenvalue weighted by atomic mass is 16.2. The standard InChI is InChI=1S/C15H24N4O/c20-15(17-18-10-2-1-3-11-18)14-5-4-12-19(14)13-6-8-16-9-7-13/h4-5,12-13,16H,1-3,6-11H2,(H,17,20). The van der Waals surface area contributed by atoms with Crippen LogP contribution in [0.5, 0.6) is 0 Å². The molecule has 2 aliphatic rings. The van der Waals surface area contributed by atoms with E-state index in [2.05, 4.69) is 20.3 Å². The fourth-order valence-corrected chi connectivity index (χ4v) is 3.20. The predicted molar refractivity (Wildman–Crippen MR) is 78.5 cm³/mol. The van der Waals surface area contributed by atoms with Gasteiger partial charge in [0.1, 0.15) is 5.69 Å². The van der Waals surface area contributed by atoms with Gasteiger partial charge < -0.3 is 9.88 Å². The lowest BCUT2D eigenvalue weighted by molar-refractivity contribution is 0.0737. The minimum absolute atomic E-state index is 0.0374. The number of hydrogen-bond donors (Lipinski definition) is 2. The van der Waals surface area contributed by atoms with Crippen molar-refractivity contribution in [1.82, 2.24) is 20.3 Å². The summed E-state index contributed by atoms with van der Waals surface area (Å²) in [5.74, 6) is 0.0374. The van der Waals surface area contributed by atoms with Gasteiger partial charge in [-0.2, -0.15) is 0 Å². The molecule has 2 aliphatic heterocycles. The molecule has 0 unspecified atom stereocenters. The van der Waals surface area contributed by atoms with E-state index in [1.807, 2.05) is 18.3 Å². The first kappa shape index (κ1) is 13.6. The molecule has 1 aromatic heterocycles. The highest BCUT2D eigenvalue weighted by molar-refractivity contribution is 5.92. The number of hydrogen-bond acceptors (Lipinski definition) is 3. The normalized spacial score (nSPS) is 21.8. The maximum Gasteiger partial charge on any atom is 0.282 e. The van der Waals surface area contributed by atoms with Crippen LogP contribution in [-0.2, 0) is 0 Å². The molecular formula is C15H24N4O. The van der Waals surface area contributed by atoms with Crippen LogP contribution in [0.4, 0.5) is 0 Å². The van der Waals surface area contributed by atoms with Gasteiger partial charge in [-0.15, -0.1) is 0 Å². The molecule has 0 atom stereocenters. The number of hydrazine groups is 1. The fraction of sp³-hybridized carbons (Fsp3) is 0.667. The van der Waals surface area contributed by atoms with Gasteiger partial charge in [-0.1, -0.05) is 6.42 Å². The predicted octanol–water partition coefficient (Wildman–Crippen LogP) is 1.54. The first-order chi connectivity index (χ1) is 9.84. The molecule has 1 amide bonds. The molecule has 0 saturated carbocycles. The monoisotopic (exact) mass is 276 g/mol. The third-order valence-electron chi connectivity index (χ3n) is 4.33. The van der Waals surface area contributed by atoms with Crippen molar-refractivity contribution < 1.29 is 4.79 Å². The number of carbonyl (C=O) groups excluding carboxylic acids is 1.